The van der Waals surface area contributed by atoms with Crippen molar-refractivity contribution in [3.05, 3.63) is 57.6 Å². The molecule has 0 aromatic heterocycles. The number of amides is 2. The largest absolute Gasteiger partial charge is 0.496 e. The van der Waals surface area contributed by atoms with E-state index in [4.69, 9.17) is 19.7 Å². The van der Waals surface area contributed by atoms with Crippen molar-refractivity contribution in [1.82, 2.24) is 15.1 Å². The third-order valence-corrected chi connectivity index (χ3v) is 7.09. The summed E-state index contributed by atoms with van der Waals surface area (Å²) in [5, 5.41) is 21.2. The number of hydrogen-bond donors (Lipinski definition) is 3. The molecule has 2 aliphatic rings. The van der Waals surface area contributed by atoms with Gasteiger partial charge < -0.3 is 34.8 Å². The Kier molecular flexibility index (Phi) is 8.70. The summed E-state index contributed by atoms with van der Waals surface area (Å²) in [5.41, 5.74) is 5.87. The maximum absolute atomic E-state index is 12.4. The van der Waals surface area contributed by atoms with Gasteiger partial charge in [-0.15, -0.1) is 0 Å². The van der Waals surface area contributed by atoms with E-state index >= 15 is 0 Å². The number of aliphatic carboxylic acids is 2. The van der Waals surface area contributed by atoms with Gasteiger partial charge in [-0.3, -0.25) is 19.2 Å². The average molecular weight is 540 g/mol. The first-order valence-corrected chi connectivity index (χ1v) is 12.8. The Bertz CT molecular complexity index is 1190. The van der Waals surface area contributed by atoms with Crippen LogP contribution in [0.4, 0.5) is 0 Å². The number of benzene rings is 2. The maximum Gasteiger partial charge on any atom is 0.303 e. The molecule has 0 radical (unpaired) electrons. The Labute approximate surface area is 226 Å². The Morgan fingerprint density at radius 3 is 1.36 bits per heavy atom. The predicted octanol–water partition coefficient (Wildman–Crippen LogP) is 2.41. The fourth-order valence-corrected chi connectivity index (χ4v) is 5.04. The molecule has 208 valence electrons. The zero-order valence-corrected chi connectivity index (χ0v) is 22.1. The first kappa shape index (κ1) is 27.9. The first-order chi connectivity index (χ1) is 18.7. The van der Waals surface area contributed by atoms with Crippen molar-refractivity contribution in [1.29, 1.82) is 0 Å². The van der Waals surface area contributed by atoms with Gasteiger partial charge in [0.2, 0.25) is 11.8 Å². The highest BCUT2D eigenvalue weighted by Crippen LogP contribution is 2.32. The highest BCUT2D eigenvalue weighted by molar-refractivity contribution is 5.82. The SMILES string of the molecule is COc1cc2c(cc1CNCc1cc3c(cc1OC)CN(C(=O)CCC(=O)O)C3)CN(C(=O)CCC(=O)O)C2. The molecule has 0 fully saturated rings. The first-order valence-electron chi connectivity index (χ1n) is 12.8. The lowest BCUT2D eigenvalue weighted by atomic mass is 10.0. The van der Waals surface area contributed by atoms with Gasteiger partial charge in [0, 0.05) is 63.2 Å². The molecule has 39 heavy (non-hydrogen) atoms. The van der Waals surface area contributed by atoms with Crippen molar-refractivity contribution < 1.29 is 38.9 Å². The number of carboxylic acids is 2. The lowest BCUT2D eigenvalue weighted by Crippen LogP contribution is -2.25. The number of carboxylic acid groups (broad SMARTS) is 2. The molecule has 0 saturated heterocycles. The van der Waals surface area contributed by atoms with E-state index < -0.39 is 11.9 Å². The number of nitrogens with zero attached hydrogens (tertiary/aromatic N) is 2. The van der Waals surface area contributed by atoms with E-state index in [1.54, 1.807) is 24.0 Å². The van der Waals surface area contributed by atoms with Crippen molar-refractivity contribution in [2.24, 2.45) is 0 Å². The van der Waals surface area contributed by atoms with E-state index in [0.29, 0.717) is 50.8 Å². The monoisotopic (exact) mass is 539 g/mol. The smallest absolute Gasteiger partial charge is 0.303 e. The minimum Gasteiger partial charge on any atom is -0.496 e. The second kappa shape index (κ2) is 12.2. The second-order valence-electron chi connectivity index (χ2n) is 9.76. The number of rotatable bonds is 12. The molecular weight excluding hydrogens is 506 g/mol. The number of fused-ring (bicyclic) bond motifs is 2. The van der Waals surface area contributed by atoms with Gasteiger partial charge in [-0.1, -0.05) is 0 Å². The third kappa shape index (κ3) is 6.66. The van der Waals surface area contributed by atoms with Crippen LogP contribution in [-0.4, -0.2) is 58.0 Å². The van der Waals surface area contributed by atoms with Crippen LogP contribution in [0.3, 0.4) is 0 Å². The summed E-state index contributed by atoms with van der Waals surface area (Å²) in [4.78, 5) is 49.8. The summed E-state index contributed by atoms with van der Waals surface area (Å²) in [6.45, 7) is 2.74. The van der Waals surface area contributed by atoms with Crippen LogP contribution in [0.25, 0.3) is 0 Å². The fraction of sp³-hybridized carbons (Fsp3) is 0.429. The van der Waals surface area contributed by atoms with Gasteiger partial charge in [-0.05, 0) is 46.5 Å². The van der Waals surface area contributed by atoms with E-state index in [1.165, 1.54) is 0 Å². The second-order valence-corrected chi connectivity index (χ2v) is 9.76. The molecule has 3 N–H and O–H groups in total. The highest BCUT2D eigenvalue weighted by atomic mass is 16.5. The molecule has 0 saturated carbocycles. The fourth-order valence-electron chi connectivity index (χ4n) is 5.04. The van der Waals surface area contributed by atoms with Crippen LogP contribution in [0.1, 0.15) is 59.1 Å². The van der Waals surface area contributed by atoms with Crippen LogP contribution >= 0.6 is 0 Å². The van der Waals surface area contributed by atoms with E-state index in [2.05, 4.69) is 5.32 Å². The highest BCUT2D eigenvalue weighted by Gasteiger charge is 2.27. The van der Waals surface area contributed by atoms with Crippen LogP contribution < -0.4 is 14.8 Å². The van der Waals surface area contributed by atoms with Gasteiger partial charge in [-0.2, -0.15) is 0 Å². The van der Waals surface area contributed by atoms with Crippen LogP contribution in [0, 0.1) is 0 Å². The number of methoxy groups -OCH3 is 2. The van der Waals surface area contributed by atoms with Crippen molar-refractivity contribution in [2.75, 3.05) is 14.2 Å². The van der Waals surface area contributed by atoms with E-state index in [1.807, 2.05) is 24.3 Å². The molecule has 2 amide bonds. The number of carbonyl (C=O) groups is 4. The van der Waals surface area contributed by atoms with Crippen LogP contribution in [0.2, 0.25) is 0 Å². The van der Waals surface area contributed by atoms with Crippen LogP contribution in [0.5, 0.6) is 11.5 Å². The Morgan fingerprint density at radius 2 is 1.03 bits per heavy atom. The normalized spacial score (nSPS) is 13.7. The number of carbonyl (C=O) groups excluding carboxylic acids is 2. The van der Waals surface area contributed by atoms with Gasteiger partial charge in [0.05, 0.1) is 27.1 Å². The van der Waals surface area contributed by atoms with Crippen molar-refractivity contribution >= 4 is 23.8 Å². The topological polar surface area (TPSA) is 146 Å². The molecular formula is C28H33N3O8. The molecule has 11 nitrogen and oxygen atoms in total. The zero-order valence-electron chi connectivity index (χ0n) is 22.1. The van der Waals surface area contributed by atoms with Crippen LogP contribution in [-0.2, 0) is 58.4 Å². The van der Waals surface area contributed by atoms with E-state index in [-0.39, 0.29) is 37.5 Å². The molecule has 4 rings (SSSR count). The standard InChI is InChI=1S/C28H33N3O8/c1-38-23-9-21-15-30(25(32)3-5-27(34)35)13-19(21)7-17(23)11-29-12-18-8-20-14-31(26(33)4-6-28(36)37)16-22(20)10-24(18)39-2/h7-10,29H,3-6,11-16H2,1-2H3,(H,34,35)(H,36,37). The van der Waals surface area contributed by atoms with Crippen LogP contribution in [0.15, 0.2) is 24.3 Å². The van der Waals surface area contributed by atoms with Crippen molar-refractivity contribution in [3.8, 4) is 11.5 Å². The molecule has 0 aliphatic carbocycles. The maximum atomic E-state index is 12.4. The minimum atomic E-state index is -0.989. The van der Waals surface area contributed by atoms with Gasteiger partial charge in [0.25, 0.3) is 0 Å². The summed E-state index contributed by atoms with van der Waals surface area (Å²) in [7, 11) is 3.20. The number of ether oxygens (including phenoxy) is 2. The van der Waals surface area contributed by atoms with Gasteiger partial charge in [-0.25, -0.2) is 0 Å². The molecule has 0 atom stereocenters. The summed E-state index contributed by atoms with van der Waals surface area (Å²) >= 11 is 0. The summed E-state index contributed by atoms with van der Waals surface area (Å²) < 4.78 is 11.2. The number of hydrogen-bond acceptors (Lipinski definition) is 7. The molecule has 2 aliphatic heterocycles. The quantitative estimate of drug-likeness (QED) is 0.370. The molecule has 0 spiro atoms. The molecule has 0 bridgehead atoms. The predicted molar refractivity (Wildman–Crippen MR) is 139 cm³/mol. The average Bonchev–Trinajstić information content (AvgIpc) is 3.52. The summed E-state index contributed by atoms with van der Waals surface area (Å²) in [5.74, 6) is -0.931. The van der Waals surface area contributed by atoms with Crippen molar-refractivity contribution in [3.63, 3.8) is 0 Å². The lowest BCUT2D eigenvalue weighted by Gasteiger charge is -2.14. The Balaban J connectivity index is 1.39. The van der Waals surface area contributed by atoms with E-state index in [0.717, 1.165) is 33.4 Å². The van der Waals surface area contributed by atoms with Crippen molar-refractivity contribution in [2.45, 2.75) is 65.0 Å². The third-order valence-electron chi connectivity index (χ3n) is 7.09. The molecule has 2 aromatic rings. The molecule has 2 heterocycles. The molecule has 0 unspecified atom stereocenters. The summed E-state index contributed by atoms with van der Waals surface area (Å²) in [6.07, 6.45) is -0.414. The summed E-state index contributed by atoms with van der Waals surface area (Å²) in [6, 6.07) is 7.91. The number of nitrogens with one attached hydrogen (secondary N) is 1. The van der Waals surface area contributed by atoms with Gasteiger partial charge >= 0.3 is 11.9 Å². The Morgan fingerprint density at radius 1 is 0.667 bits per heavy atom. The molecule has 2 aromatic carbocycles. The minimum absolute atomic E-state index is 0.0221. The van der Waals surface area contributed by atoms with Gasteiger partial charge in [0.1, 0.15) is 11.5 Å². The van der Waals surface area contributed by atoms with E-state index in [9.17, 15) is 19.2 Å². The Hall–Kier alpha value is -4.12. The van der Waals surface area contributed by atoms with Gasteiger partial charge in [0.15, 0.2) is 0 Å². The lowest BCUT2D eigenvalue weighted by molar-refractivity contribution is -0.141. The zero-order chi connectivity index (χ0) is 28.1. The molecule has 11 heteroatoms.